The van der Waals surface area contributed by atoms with Crippen molar-refractivity contribution in [1.82, 2.24) is 0 Å². The van der Waals surface area contributed by atoms with Gasteiger partial charge in [-0.05, 0) is 13.3 Å². The van der Waals surface area contributed by atoms with Gasteiger partial charge in [0.1, 0.15) is 0 Å². The summed E-state index contributed by atoms with van der Waals surface area (Å²) in [4.78, 5) is 0. The van der Waals surface area contributed by atoms with Gasteiger partial charge in [-0.3, -0.25) is 0 Å². The molecule has 0 radical (unpaired) electrons. The molecule has 3 heteroatoms. The molecule has 0 heterocycles. The fourth-order valence-corrected chi connectivity index (χ4v) is 0. The van der Waals surface area contributed by atoms with Crippen LogP contribution in [0, 0.1) is 0 Å². The molecule has 0 atom stereocenters. The van der Waals surface area contributed by atoms with Gasteiger partial charge >= 0.3 is 0 Å². The molecule has 9 heavy (non-hydrogen) atoms. The number of hydrogen-bond acceptors (Lipinski definition) is 0. The van der Waals surface area contributed by atoms with Crippen molar-refractivity contribution >= 4 is 67.8 Å². The van der Waals surface area contributed by atoms with Crippen molar-refractivity contribution in [3.63, 3.8) is 0 Å². The van der Waals surface area contributed by atoms with Crippen molar-refractivity contribution in [2.24, 2.45) is 0 Å². The third kappa shape index (κ3) is 143. The highest BCUT2D eigenvalue weighted by Crippen LogP contribution is 1.70. The van der Waals surface area contributed by atoms with Crippen LogP contribution in [-0.4, -0.2) is 13.3 Å². The van der Waals surface area contributed by atoms with Gasteiger partial charge in [0.05, 0.1) is 0 Å². The molecule has 0 nitrogen and oxygen atoms in total. The highest BCUT2D eigenvalue weighted by Gasteiger charge is 1.38. The van der Waals surface area contributed by atoms with E-state index in [4.69, 9.17) is 0 Å². The average Bonchev–Trinajstić information content (AvgIpc) is 1.70. The van der Waals surface area contributed by atoms with Crippen molar-refractivity contribution in [2.75, 3.05) is 13.3 Å². The second kappa shape index (κ2) is 31.9. The van der Waals surface area contributed by atoms with Crippen LogP contribution in [0.25, 0.3) is 0 Å². The summed E-state index contributed by atoms with van der Waals surface area (Å²) in [6.07, 6.45) is 0. The summed E-state index contributed by atoms with van der Waals surface area (Å²) in [7, 11) is 0. The summed E-state index contributed by atoms with van der Waals surface area (Å²) in [5.74, 6) is 0. The smallest absolute Gasteiger partial charge is 0.00332 e. The Balaban J connectivity index is -0.0000000600. The van der Waals surface area contributed by atoms with Crippen LogP contribution < -0.4 is 0 Å². The summed E-state index contributed by atoms with van der Waals surface area (Å²) in [6.45, 7) is 6.34. The number of rotatable bonds is 0. The molecule has 0 amide bonds. The number of hydrogen-bond donors (Lipinski definition) is 0. The minimum absolute atomic E-state index is 1.22. The van der Waals surface area contributed by atoms with E-state index in [9.17, 15) is 0 Å². The van der Waals surface area contributed by atoms with Gasteiger partial charge in [-0.15, -0.1) is 0 Å². The SMILES string of the molecule is CCI.CCI.CCI. The normalized spacial score (nSPS) is 6.00. The van der Waals surface area contributed by atoms with Crippen LogP contribution >= 0.6 is 67.8 Å². The molecule has 0 N–H and O–H groups in total. The molecular weight excluding hydrogens is 453 g/mol. The Morgan fingerprint density at radius 2 is 0.667 bits per heavy atom. The second-order valence-electron chi connectivity index (χ2n) is 0.802. The van der Waals surface area contributed by atoms with Gasteiger partial charge in [-0.1, -0.05) is 88.5 Å². The average molecular weight is 468 g/mol. The topological polar surface area (TPSA) is 0 Å². The molecule has 60 valence electrons. The van der Waals surface area contributed by atoms with E-state index in [-0.39, 0.29) is 0 Å². The third-order valence-electron chi connectivity index (χ3n) is 0. The fourth-order valence-electron chi connectivity index (χ4n) is 0. The molecule has 0 unspecified atom stereocenters. The fraction of sp³-hybridized carbons (Fsp3) is 1.00. The zero-order valence-electron chi connectivity index (χ0n) is 6.26. The standard InChI is InChI=1S/3C2H5I/c3*1-2-3/h3*2H2,1H3. The van der Waals surface area contributed by atoms with E-state index in [2.05, 4.69) is 88.5 Å². The van der Waals surface area contributed by atoms with Gasteiger partial charge in [0.15, 0.2) is 0 Å². The summed E-state index contributed by atoms with van der Waals surface area (Å²) < 4.78 is 3.66. The zero-order valence-corrected chi connectivity index (χ0v) is 12.7. The highest BCUT2D eigenvalue weighted by atomic mass is 127. The molecule has 0 rings (SSSR count). The van der Waals surface area contributed by atoms with E-state index in [1.165, 1.54) is 13.3 Å². The summed E-state index contributed by atoms with van der Waals surface area (Å²) >= 11 is 6.86. The monoisotopic (exact) mass is 468 g/mol. The molecule has 0 aliphatic carbocycles. The van der Waals surface area contributed by atoms with Gasteiger partial charge < -0.3 is 0 Å². The second-order valence-corrected chi connectivity index (χ2v) is 5.38. The Morgan fingerprint density at radius 1 is 0.667 bits per heavy atom. The van der Waals surface area contributed by atoms with Crippen LogP contribution in [0.15, 0.2) is 0 Å². The maximum absolute atomic E-state index is 2.29. The lowest BCUT2D eigenvalue weighted by molar-refractivity contribution is 1.58. The molecular formula is C6H15I3. The molecule has 0 bridgehead atoms. The first-order valence-corrected chi connectivity index (χ1v) is 7.50. The van der Waals surface area contributed by atoms with Gasteiger partial charge in [-0.2, -0.15) is 0 Å². The van der Waals surface area contributed by atoms with Gasteiger partial charge in [-0.25, -0.2) is 0 Å². The summed E-state index contributed by atoms with van der Waals surface area (Å²) in [5.41, 5.74) is 0. The molecule has 0 saturated heterocycles. The van der Waals surface area contributed by atoms with Gasteiger partial charge in [0, 0.05) is 0 Å². The Morgan fingerprint density at radius 3 is 0.667 bits per heavy atom. The van der Waals surface area contributed by atoms with Crippen molar-refractivity contribution in [2.45, 2.75) is 20.8 Å². The largest absolute Gasteiger partial charge is 0.0867 e. The molecule has 0 aliphatic heterocycles. The molecule has 0 saturated carbocycles. The van der Waals surface area contributed by atoms with Crippen LogP contribution in [0.4, 0.5) is 0 Å². The first-order valence-electron chi connectivity index (χ1n) is 2.92. The van der Waals surface area contributed by atoms with E-state index in [0.29, 0.717) is 0 Å². The lowest BCUT2D eigenvalue weighted by Gasteiger charge is -1.45. The minimum Gasteiger partial charge on any atom is -0.0867 e. The predicted octanol–water partition coefficient (Wildman–Crippen LogP) is 4.32. The zero-order chi connectivity index (χ0) is 8.12. The van der Waals surface area contributed by atoms with Crippen molar-refractivity contribution < 1.29 is 0 Å². The van der Waals surface area contributed by atoms with Crippen molar-refractivity contribution in [1.29, 1.82) is 0 Å². The maximum atomic E-state index is 2.29. The Labute approximate surface area is 100 Å². The van der Waals surface area contributed by atoms with E-state index in [0.717, 1.165) is 0 Å². The van der Waals surface area contributed by atoms with E-state index in [1.807, 2.05) is 0 Å². The molecule has 0 fully saturated rings. The summed E-state index contributed by atoms with van der Waals surface area (Å²) in [5, 5.41) is 0. The molecule has 0 spiro atoms. The van der Waals surface area contributed by atoms with Crippen molar-refractivity contribution in [3.05, 3.63) is 0 Å². The lowest BCUT2D eigenvalue weighted by atomic mass is 11.0. The highest BCUT2D eigenvalue weighted by molar-refractivity contribution is 14.1. The maximum Gasteiger partial charge on any atom is -0.00332 e. The Bertz CT molecular complexity index is 13.0. The Kier molecular flexibility index (Phi) is 61.5. The van der Waals surface area contributed by atoms with E-state index < -0.39 is 0 Å². The molecule has 0 aliphatic rings. The van der Waals surface area contributed by atoms with E-state index >= 15 is 0 Å². The quantitative estimate of drug-likeness (QED) is 0.367. The number of halogens is 3. The Hall–Kier alpha value is 2.19. The van der Waals surface area contributed by atoms with Crippen LogP contribution in [0.2, 0.25) is 0 Å². The van der Waals surface area contributed by atoms with Crippen LogP contribution in [0.1, 0.15) is 20.8 Å². The molecule has 0 aromatic carbocycles. The first-order chi connectivity index (χ1) is 4.24. The molecule has 0 aromatic heterocycles. The number of alkyl halides is 3. The summed E-state index contributed by atoms with van der Waals surface area (Å²) in [6, 6.07) is 0. The van der Waals surface area contributed by atoms with Crippen LogP contribution in [-0.2, 0) is 0 Å². The minimum atomic E-state index is 1.22. The first kappa shape index (κ1) is 17.3. The van der Waals surface area contributed by atoms with Gasteiger partial charge in [0.25, 0.3) is 0 Å². The van der Waals surface area contributed by atoms with Gasteiger partial charge in [0.2, 0.25) is 0 Å². The third-order valence-corrected chi connectivity index (χ3v) is 0. The van der Waals surface area contributed by atoms with E-state index in [1.54, 1.807) is 0 Å². The van der Waals surface area contributed by atoms with Crippen LogP contribution in [0.5, 0.6) is 0 Å². The van der Waals surface area contributed by atoms with Crippen molar-refractivity contribution in [3.8, 4) is 0 Å². The predicted molar refractivity (Wildman–Crippen MR) is 73.7 cm³/mol. The van der Waals surface area contributed by atoms with Crippen LogP contribution in [0.3, 0.4) is 0 Å². The molecule has 0 aromatic rings. The lowest BCUT2D eigenvalue weighted by Crippen LogP contribution is -1.33.